The number of hydrogen-bond donors (Lipinski definition) is 1. The summed E-state index contributed by atoms with van der Waals surface area (Å²) >= 11 is 0. The van der Waals surface area contributed by atoms with E-state index in [-0.39, 0.29) is 5.78 Å². The molecule has 0 saturated carbocycles. The van der Waals surface area contributed by atoms with Gasteiger partial charge in [-0.25, -0.2) is 0 Å². The molecule has 1 N–H and O–H groups in total. The van der Waals surface area contributed by atoms with E-state index in [9.17, 15) is 4.79 Å². The first kappa shape index (κ1) is 15.0. The Morgan fingerprint density at radius 3 is 2.14 bits per heavy atom. The van der Waals surface area contributed by atoms with Crippen molar-refractivity contribution >= 4 is 11.5 Å². The lowest BCUT2D eigenvalue weighted by molar-refractivity contribution is 0.104. The number of anilines is 1. The molecule has 0 aliphatic carbocycles. The molecule has 2 rings (SSSR count). The minimum atomic E-state index is 0.0472. The molecule has 2 aromatic rings. The maximum atomic E-state index is 12.5. The quantitative estimate of drug-likeness (QED) is 0.642. The molecule has 0 unspecified atom stereocenters. The lowest BCUT2D eigenvalue weighted by Crippen LogP contribution is -2.05. The van der Waals surface area contributed by atoms with E-state index in [1.54, 1.807) is 6.08 Å². The molecular weight excluding hydrogens is 258 g/mol. The van der Waals surface area contributed by atoms with Gasteiger partial charge in [0.05, 0.1) is 0 Å². The van der Waals surface area contributed by atoms with E-state index in [1.165, 1.54) is 5.56 Å². The largest absolute Gasteiger partial charge is 0.359 e. The van der Waals surface area contributed by atoms with E-state index >= 15 is 0 Å². The zero-order valence-corrected chi connectivity index (χ0v) is 13.0. The third-order valence-corrected chi connectivity index (χ3v) is 3.39. The smallest absolute Gasteiger partial charge is 0.188 e. The molecule has 0 fully saturated rings. The summed E-state index contributed by atoms with van der Waals surface area (Å²) in [5.74, 6) is 0.0472. The molecule has 2 nitrogen and oxygen atoms in total. The van der Waals surface area contributed by atoms with Gasteiger partial charge in [-0.3, -0.25) is 4.79 Å². The van der Waals surface area contributed by atoms with E-state index < -0.39 is 0 Å². The number of ketones is 1. The first-order chi connectivity index (χ1) is 9.97. The zero-order valence-electron chi connectivity index (χ0n) is 13.0. The fourth-order valence-corrected chi connectivity index (χ4v) is 2.62. The normalized spacial score (nSPS) is 11.3. The molecular formula is C19H21NO. The Bertz CT molecular complexity index is 661. The Balaban J connectivity index is 2.23. The van der Waals surface area contributed by atoms with Gasteiger partial charge in [-0.2, -0.15) is 0 Å². The van der Waals surface area contributed by atoms with Crippen LogP contribution in [0.1, 0.15) is 34.0 Å². The molecule has 108 valence electrons. The van der Waals surface area contributed by atoms with Crippen LogP contribution in [-0.2, 0) is 0 Å². The van der Waals surface area contributed by atoms with Crippen LogP contribution in [0.15, 0.2) is 54.2 Å². The average Bonchev–Trinajstić information content (AvgIpc) is 2.38. The van der Waals surface area contributed by atoms with Gasteiger partial charge in [0.25, 0.3) is 0 Å². The third kappa shape index (κ3) is 3.82. The van der Waals surface area contributed by atoms with Crippen molar-refractivity contribution in [2.75, 3.05) is 5.32 Å². The summed E-state index contributed by atoms with van der Waals surface area (Å²) in [5, 5.41) is 3.23. The molecule has 0 aliphatic rings. The number of carbonyl (C=O) groups is 1. The summed E-state index contributed by atoms with van der Waals surface area (Å²) in [7, 11) is 0. The molecule has 0 amide bonds. The molecule has 21 heavy (non-hydrogen) atoms. The van der Waals surface area contributed by atoms with Crippen LogP contribution in [0.2, 0.25) is 0 Å². The fraction of sp³-hybridized carbons (Fsp3) is 0.211. The van der Waals surface area contributed by atoms with Gasteiger partial charge in [0, 0.05) is 23.0 Å². The SMILES string of the molecule is C/C(=C/C(=O)c1c(C)cc(C)cc1C)Nc1ccccc1. The monoisotopic (exact) mass is 279 g/mol. The number of para-hydroxylation sites is 1. The van der Waals surface area contributed by atoms with Crippen molar-refractivity contribution in [1.29, 1.82) is 0 Å². The number of carbonyl (C=O) groups excluding carboxylic acids is 1. The fourth-order valence-electron chi connectivity index (χ4n) is 2.62. The number of benzene rings is 2. The third-order valence-electron chi connectivity index (χ3n) is 3.39. The highest BCUT2D eigenvalue weighted by Crippen LogP contribution is 2.18. The summed E-state index contributed by atoms with van der Waals surface area (Å²) in [6, 6.07) is 13.9. The number of nitrogens with one attached hydrogen (secondary N) is 1. The molecule has 2 aromatic carbocycles. The van der Waals surface area contributed by atoms with Crippen molar-refractivity contribution in [3.05, 3.63) is 76.5 Å². The van der Waals surface area contributed by atoms with E-state index in [4.69, 9.17) is 0 Å². The van der Waals surface area contributed by atoms with Gasteiger partial charge in [-0.05, 0) is 51.0 Å². The van der Waals surface area contributed by atoms with Gasteiger partial charge in [0.15, 0.2) is 5.78 Å². The minimum Gasteiger partial charge on any atom is -0.359 e. The van der Waals surface area contributed by atoms with Gasteiger partial charge in [0.2, 0.25) is 0 Å². The number of hydrogen-bond acceptors (Lipinski definition) is 2. The van der Waals surface area contributed by atoms with Crippen LogP contribution in [0.4, 0.5) is 5.69 Å². The predicted octanol–water partition coefficient (Wildman–Crippen LogP) is 4.81. The van der Waals surface area contributed by atoms with Crippen molar-refractivity contribution in [3.63, 3.8) is 0 Å². The molecule has 0 saturated heterocycles. The summed E-state index contributed by atoms with van der Waals surface area (Å²) < 4.78 is 0. The van der Waals surface area contributed by atoms with E-state index in [2.05, 4.69) is 5.32 Å². The van der Waals surface area contributed by atoms with E-state index in [0.29, 0.717) is 0 Å². The summed E-state index contributed by atoms with van der Waals surface area (Å²) in [5.41, 5.74) is 5.86. The van der Waals surface area contributed by atoms with Crippen LogP contribution in [0.25, 0.3) is 0 Å². The number of aryl methyl sites for hydroxylation is 3. The minimum absolute atomic E-state index is 0.0472. The Labute approximate surface area is 126 Å². The van der Waals surface area contributed by atoms with Crippen LogP contribution in [0.5, 0.6) is 0 Å². The Morgan fingerprint density at radius 2 is 1.57 bits per heavy atom. The molecule has 2 heteroatoms. The van der Waals surface area contributed by atoms with Crippen LogP contribution in [0, 0.1) is 20.8 Å². The van der Waals surface area contributed by atoms with Gasteiger partial charge in [-0.1, -0.05) is 35.9 Å². The predicted molar refractivity (Wildman–Crippen MR) is 88.8 cm³/mol. The molecule has 0 aliphatic heterocycles. The van der Waals surface area contributed by atoms with Crippen LogP contribution in [-0.4, -0.2) is 5.78 Å². The van der Waals surface area contributed by atoms with E-state index in [1.807, 2.05) is 70.2 Å². The lowest BCUT2D eigenvalue weighted by atomic mass is 9.96. The highest BCUT2D eigenvalue weighted by molar-refractivity contribution is 6.07. The van der Waals surface area contributed by atoms with E-state index in [0.717, 1.165) is 28.1 Å². The van der Waals surface area contributed by atoms with Gasteiger partial charge in [0.1, 0.15) is 0 Å². The second-order valence-corrected chi connectivity index (χ2v) is 5.46. The molecule has 0 aromatic heterocycles. The molecule has 0 radical (unpaired) electrons. The van der Waals surface area contributed by atoms with Crippen molar-refractivity contribution in [2.24, 2.45) is 0 Å². The lowest BCUT2D eigenvalue weighted by Gasteiger charge is -2.10. The summed E-state index contributed by atoms with van der Waals surface area (Å²) in [6.07, 6.45) is 1.66. The van der Waals surface area contributed by atoms with Gasteiger partial charge >= 0.3 is 0 Å². The first-order valence-electron chi connectivity index (χ1n) is 7.10. The molecule has 0 spiro atoms. The van der Waals surface area contributed by atoms with Crippen LogP contribution in [0.3, 0.4) is 0 Å². The first-order valence-corrected chi connectivity index (χ1v) is 7.10. The van der Waals surface area contributed by atoms with Crippen LogP contribution < -0.4 is 5.32 Å². The standard InChI is InChI=1S/C19H21NO/c1-13-10-14(2)19(15(3)11-13)18(21)12-16(4)20-17-8-6-5-7-9-17/h5-12,20H,1-4H3/b16-12-. The van der Waals surface area contributed by atoms with Crippen molar-refractivity contribution in [1.82, 2.24) is 0 Å². The Hall–Kier alpha value is -2.35. The maximum Gasteiger partial charge on any atom is 0.188 e. The highest BCUT2D eigenvalue weighted by atomic mass is 16.1. The molecule has 0 atom stereocenters. The summed E-state index contributed by atoms with van der Waals surface area (Å²) in [4.78, 5) is 12.5. The second kappa shape index (κ2) is 6.40. The maximum absolute atomic E-state index is 12.5. The van der Waals surface area contributed by atoms with Crippen LogP contribution >= 0.6 is 0 Å². The zero-order chi connectivity index (χ0) is 15.4. The second-order valence-electron chi connectivity index (χ2n) is 5.46. The van der Waals surface area contributed by atoms with Gasteiger partial charge < -0.3 is 5.32 Å². The number of rotatable bonds is 4. The Morgan fingerprint density at radius 1 is 1.00 bits per heavy atom. The average molecular weight is 279 g/mol. The Kier molecular flexibility index (Phi) is 4.59. The molecule has 0 bridgehead atoms. The van der Waals surface area contributed by atoms with Crippen molar-refractivity contribution < 1.29 is 4.79 Å². The summed E-state index contributed by atoms with van der Waals surface area (Å²) in [6.45, 7) is 7.93. The number of allylic oxidation sites excluding steroid dienone is 2. The topological polar surface area (TPSA) is 29.1 Å². The molecule has 0 heterocycles. The van der Waals surface area contributed by atoms with Crippen molar-refractivity contribution in [2.45, 2.75) is 27.7 Å². The van der Waals surface area contributed by atoms with Gasteiger partial charge in [-0.15, -0.1) is 0 Å². The van der Waals surface area contributed by atoms with Crippen molar-refractivity contribution in [3.8, 4) is 0 Å². The highest BCUT2D eigenvalue weighted by Gasteiger charge is 2.11.